The van der Waals surface area contributed by atoms with Crippen LogP contribution in [0.15, 0.2) is 58.0 Å². The van der Waals surface area contributed by atoms with Crippen molar-refractivity contribution >= 4 is 16.9 Å². The van der Waals surface area contributed by atoms with E-state index in [9.17, 15) is 24.9 Å². The molecule has 9 heteroatoms. The highest BCUT2D eigenvalue weighted by Gasteiger charge is 2.31. The Morgan fingerprint density at radius 1 is 1.16 bits per heavy atom. The fourth-order valence-corrected chi connectivity index (χ4v) is 3.70. The molecule has 0 saturated heterocycles. The molecule has 2 aromatic heterocycles. The molecule has 0 bridgehead atoms. The van der Waals surface area contributed by atoms with Crippen LogP contribution in [-0.4, -0.2) is 38.2 Å². The van der Waals surface area contributed by atoms with Gasteiger partial charge in [0.1, 0.15) is 16.7 Å². The second-order valence-corrected chi connectivity index (χ2v) is 7.28. The van der Waals surface area contributed by atoms with E-state index in [0.29, 0.717) is 11.1 Å². The molecule has 0 fully saturated rings. The summed E-state index contributed by atoms with van der Waals surface area (Å²) >= 11 is 0. The Morgan fingerprint density at radius 3 is 2.50 bits per heavy atom. The second kappa shape index (κ2) is 8.10. The molecule has 0 aliphatic heterocycles. The largest absolute Gasteiger partial charge is 0.504 e. The van der Waals surface area contributed by atoms with E-state index in [1.807, 2.05) is 0 Å². The maximum Gasteiger partial charge on any atom is 0.306 e. The number of aryl methyl sites for hydroxylation is 1. The van der Waals surface area contributed by atoms with Crippen LogP contribution >= 0.6 is 0 Å². The number of carbonyl (C=O) groups excluding carboxylic acids is 1. The molecular weight excluding hydrogens is 416 g/mol. The number of phenols is 3. The molecule has 32 heavy (non-hydrogen) atoms. The van der Waals surface area contributed by atoms with Gasteiger partial charge in [0.05, 0.1) is 19.7 Å². The smallest absolute Gasteiger partial charge is 0.306 e. The number of methoxy groups -OCH3 is 1. The van der Waals surface area contributed by atoms with Gasteiger partial charge in [-0.05, 0) is 5.56 Å². The van der Waals surface area contributed by atoms with E-state index in [1.54, 1.807) is 43.6 Å². The number of phenolic OH excluding ortho intramolecular Hbond substituents is 3. The van der Waals surface area contributed by atoms with Crippen molar-refractivity contribution in [3.05, 3.63) is 70.1 Å². The van der Waals surface area contributed by atoms with Crippen molar-refractivity contribution in [2.24, 2.45) is 7.05 Å². The van der Waals surface area contributed by atoms with E-state index in [0.717, 1.165) is 0 Å². The monoisotopic (exact) mass is 436 g/mol. The molecule has 0 aliphatic carbocycles. The molecule has 0 aliphatic rings. The summed E-state index contributed by atoms with van der Waals surface area (Å²) in [6.45, 7) is 0. The minimum atomic E-state index is -0.890. The Kier molecular flexibility index (Phi) is 5.31. The van der Waals surface area contributed by atoms with E-state index >= 15 is 0 Å². The molecule has 4 aromatic rings. The SMILES string of the molecule is COC(=O)C[C@@H](c1cnn(C)c1)c1c(O)c(O)c(O)c2c(=O)cc(-c3ccccc3)oc12. The van der Waals surface area contributed by atoms with Gasteiger partial charge in [-0.15, -0.1) is 0 Å². The number of aromatic nitrogens is 2. The number of benzene rings is 2. The number of rotatable bonds is 5. The highest BCUT2D eigenvalue weighted by Crippen LogP contribution is 2.49. The van der Waals surface area contributed by atoms with Crippen LogP contribution in [0, 0.1) is 0 Å². The van der Waals surface area contributed by atoms with Gasteiger partial charge >= 0.3 is 5.97 Å². The Balaban J connectivity index is 2.08. The third-order valence-corrected chi connectivity index (χ3v) is 5.27. The van der Waals surface area contributed by atoms with Crippen LogP contribution < -0.4 is 5.43 Å². The van der Waals surface area contributed by atoms with Crippen LogP contribution in [-0.2, 0) is 16.6 Å². The summed E-state index contributed by atoms with van der Waals surface area (Å²) < 4.78 is 12.3. The van der Waals surface area contributed by atoms with Gasteiger partial charge in [-0.3, -0.25) is 14.3 Å². The van der Waals surface area contributed by atoms with Crippen molar-refractivity contribution in [3.63, 3.8) is 0 Å². The summed E-state index contributed by atoms with van der Waals surface area (Å²) in [5, 5.41) is 35.4. The Morgan fingerprint density at radius 2 is 1.88 bits per heavy atom. The predicted molar refractivity (Wildman–Crippen MR) is 115 cm³/mol. The van der Waals surface area contributed by atoms with E-state index in [2.05, 4.69) is 5.10 Å². The lowest BCUT2D eigenvalue weighted by molar-refractivity contribution is -0.140. The number of esters is 1. The standard InChI is InChI=1S/C23H20N2O7/c1-25-11-13(10-24-25)14(8-17(27)31-2)18-20(28)22(30)21(29)19-15(26)9-16(32-23(18)19)12-6-4-3-5-7-12/h3-7,9-11,14,28-30H,8H2,1-2H3/t14-/m0/s1. The lowest BCUT2D eigenvalue weighted by Crippen LogP contribution is -2.12. The van der Waals surface area contributed by atoms with Crippen LogP contribution in [0.1, 0.15) is 23.5 Å². The third kappa shape index (κ3) is 3.53. The van der Waals surface area contributed by atoms with Crippen LogP contribution in [0.5, 0.6) is 17.2 Å². The van der Waals surface area contributed by atoms with Crippen molar-refractivity contribution in [2.45, 2.75) is 12.3 Å². The number of aromatic hydroxyl groups is 3. The van der Waals surface area contributed by atoms with Gasteiger partial charge in [-0.25, -0.2) is 0 Å². The van der Waals surface area contributed by atoms with Gasteiger partial charge in [0.15, 0.2) is 16.9 Å². The quantitative estimate of drug-likeness (QED) is 0.321. The van der Waals surface area contributed by atoms with Gasteiger partial charge in [-0.1, -0.05) is 30.3 Å². The van der Waals surface area contributed by atoms with Crippen LogP contribution in [0.3, 0.4) is 0 Å². The number of nitrogens with zero attached hydrogens (tertiary/aromatic N) is 2. The van der Waals surface area contributed by atoms with Crippen molar-refractivity contribution < 1.29 is 29.3 Å². The first-order chi connectivity index (χ1) is 15.3. The average molecular weight is 436 g/mol. The minimum Gasteiger partial charge on any atom is -0.504 e. The third-order valence-electron chi connectivity index (χ3n) is 5.27. The van der Waals surface area contributed by atoms with Crippen LogP contribution in [0.2, 0.25) is 0 Å². The molecule has 2 aromatic carbocycles. The molecule has 0 amide bonds. The van der Waals surface area contributed by atoms with Gasteiger partial charge in [0.25, 0.3) is 0 Å². The van der Waals surface area contributed by atoms with Crippen molar-refractivity contribution in [1.29, 1.82) is 0 Å². The number of carbonyl (C=O) groups is 1. The summed E-state index contributed by atoms with van der Waals surface area (Å²) in [6.07, 6.45) is 2.87. The highest BCUT2D eigenvalue weighted by atomic mass is 16.5. The Labute approximate surface area is 181 Å². The number of fused-ring (bicyclic) bond motifs is 1. The lowest BCUT2D eigenvalue weighted by Gasteiger charge is -2.19. The first-order valence-electron chi connectivity index (χ1n) is 9.67. The maximum absolute atomic E-state index is 12.9. The zero-order valence-electron chi connectivity index (χ0n) is 17.3. The topological polar surface area (TPSA) is 135 Å². The second-order valence-electron chi connectivity index (χ2n) is 7.28. The summed E-state index contributed by atoms with van der Waals surface area (Å²) in [4.78, 5) is 25.1. The summed E-state index contributed by atoms with van der Waals surface area (Å²) in [5.74, 6) is -3.69. The lowest BCUT2D eigenvalue weighted by atomic mass is 9.87. The molecule has 0 saturated carbocycles. The molecule has 2 heterocycles. The van der Waals surface area contributed by atoms with E-state index in [-0.39, 0.29) is 28.7 Å². The van der Waals surface area contributed by atoms with Crippen LogP contribution in [0.4, 0.5) is 0 Å². The molecule has 4 rings (SSSR count). The number of ether oxygens (including phenoxy) is 1. The zero-order chi connectivity index (χ0) is 23.0. The molecule has 0 spiro atoms. The predicted octanol–water partition coefficient (Wildman–Crippen LogP) is 3.01. The number of hydrogen-bond acceptors (Lipinski definition) is 8. The first-order valence-corrected chi connectivity index (χ1v) is 9.67. The highest BCUT2D eigenvalue weighted by molar-refractivity contribution is 5.93. The van der Waals surface area contributed by atoms with Crippen molar-refractivity contribution in [3.8, 4) is 28.6 Å². The fourth-order valence-electron chi connectivity index (χ4n) is 3.70. The Hall–Kier alpha value is -4.27. The molecule has 1 atom stereocenters. The molecule has 0 unspecified atom stereocenters. The van der Waals surface area contributed by atoms with E-state index in [4.69, 9.17) is 9.15 Å². The van der Waals surface area contributed by atoms with Gasteiger partial charge in [-0.2, -0.15) is 5.10 Å². The van der Waals surface area contributed by atoms with E-state index < -0.39 is 34.6 Å². The average Bonchev–Trinajstić information content (AvgIpc) is 3.23. The Bertz CT molecular complexity index is 1370. The summed E-state index contributed by atoms with van der Waals surface area (Å²) in [6, 6.07) is 9.99. The summed E-state index contributed by atoms with van der Waals surface area (Å²) in [7, 11) is 2.90. The first kappa shape index (κ1) is 21.0. The molecular formula is C23H20N2O7. The van der Waals surface area contributed by atoms with Crippen molar-refractivity contribution in [2.75, 3.05) is 7.11 Å². The van der Waals surface area contributed by atoms with Gasteiger partial charge in [0.2, 0.25) is 5.75 Å². The minimum absolute atomic E-state index is 0.0384. The van der Waals surface area contributed by atoms with E-state index in [1.165, 1.54) is 24.1 Å². The summed E-state index contributed by atoms with van der Waals surface area (Å²) in [5.41, 5.74) is 0.287. The molecule has 164 valence electrons. The maximum atomic E-state index is 12.9. The molecule has 3 N–H and O–H groups in total. The van der Waals surface area contributed by atoms with Crippen LogP contribution in [0.25, 0.3) is 22.3 Å². The fraction of sp³-hybridized carbons (Fsp3) is 0.174. The zero-order valence-corrected chi connectivity index (χ0v) is 17.3. The normalized spacial score (nSPS) is 12.1. The van der Waals surface area contributed by atoms with Crippen molar-refractivity contribution in [1.82, 2.24) is 9.78 Å². The number of hydrogen-bond donors (Lipinski definition) is 3. The van der Waals surface area contributed by atoms with Gasteiger partial charge in [0, 0.05) is 36.4 Å². The van der Waals surface area contributed by atoms with Gasteiger partial charge < -0.3 is 24.5 Å². The molecule has 0 radical (unpaired) electrons. The molecule has 9 nitrogen and oxygen atoms in total.